The Bertz CT molecular complexity index is 618. The van der Waals surface area contributed by atoms with Crippen LogP contribution in [0.3, 0.4) is 0 Å². The third-order valence-electron chi connectivity index (χ3n) is 4.46. The van der Waals surface area contributed by atoms with Gasteiger partial charge < -0.3 is 15.1 Å². The average molecular weight is 361 g/mol. The van der Waals surface area contributed by atoms with Gasteiger partial charge in [-0.3, -0.25) is 9.89 Å². The van der Waals surface area contributed by atoms with Gasteiger partial charge in [0, 0.05) is 18.0 Å². The molecular formula is C19H28N4OS. The minimum atomic E-state index is 0.227. The van der Waals surface area contributed by atoms with Crippen molar-refractivity contribution in [2.24, 2.45) is 4.99 Å². The molecule has 1 atom stereocenters. The van der Waals surface area contributed by atoms with E-state index < -0.39 is 0 Å². The molecule has 1 saturated heterocycles. The van der Waals surface area contributed by atoms with Gasteiger partial charge in [-0.25, -0.2) is 0 Å². The van der Waals surface area contributed by atoms with Crippen molar-refractivity contribution in [2.45, 2.75) is 32.2 Å². The van der Waals surface area contributed by atoms with Gasteiger partial charge in [0.2, 0.25) is 0 Å². The van der Waals surface area contributed by atoms with Crippen LogP contribution in [0.4, 0.5) is 0 Å². The molecule has 3 heterocycles. The fourth-order valence-electron chi connectivity index (χ4n) is 3.20. The highest BCUT2D eigenvalue weighted by Gasteiger charge is 2.25. The lowest BCUT2D eigenvalue weighted by molar-refractivity contribution is 0.221. The number of aliphatic imine (C=N–C) groups is 1. The Kier molecular flexibility index (Phi) is 6.94. The first-order valence-electron chi connectivity index (χ1n) is 9.19. The summed E-state index contributed by atoms with van der Waals surface area (Å²) < 4.78 is 5.68. The van der Waals surface area contributed by atoms with Gasteiger partial charge in [0.25, 0.3) is 0 Å². The molecule has 3 rings (SSSR count). The number of furan rings is 1. The third kappa shape index (κ3) is 5.34. The van der Waals surface area contributed by atoms with E-state index in [2.05, 4.69) is 46.0 Å². The van der Waals surface area contributed by atoms with E-state index >= 15 is 0 Å². The summed E-state index contributed by atoms with van der Waals surface area (Å²) in [6, 6.07) is 8.53. The molecule has 0 spiro atoms. The Labute approximate surface area is 154 Å². The van der Waals surface area contributed by atoms with Crippen molar-refractivity contribution >= 4 is 17.3 Å². The number of nitrogens with one attached hydrogen (secondary N) is 2. The van der Waals surface area contributed by atoms with E-state index in [1.165, 1.54) is 17.7 Å². The smallest absolute Gasteiger partial charge is 0.191 e. The number of nitrogens with zero attached hydrogens (tertiary/aromatic N) is 2. The van der Waals surface area contributed by atoms with Gasteiger partial charge in [-0.2, -0.15) is 0 Å². The lowest BCUT2D eigenvalue weighted by Gasteiger charge is -2.24. The number of hydrogen-bond acceptors (Lipinski definition) is 4. The van der Waals surface area contributed by atoms with Gasteiger partial charge in [-0.15, -0.1) is 11.3 Å². The normalized spacial score (nSPS) is 16.9. The molecular weight excluding hydrogens is 332 g/mol. The Morgan fingerprint density at radius 2 is 2.16 bits per heavy atom. The second-order valence-electron chi connectivity index (χ2n) is 6.25. The summed E-state index contributed by atoms with van der Waals surface area (Å²) in [6.07, 6.45) is 5.31. The summed E-state index contributed by atoms with van der Waals surface area (Å²) >= 11 is 1.80. The van der Waals surface area contributed by atoms with Gasteiger partial charge in [0.05, 0.1) is 18.8 Å². The van der Waals surface area contributed by atoms with E-state index in [0.29, 0.717) is 6.54 Å². The van der Waals surface area contributed by atoms with Crippen LogP contribution in [-0.2, 0) is 6.42 Å². The monoisotopic (exact) mass is 360 g/mol. The molecule has 1 aliphatic heterocycles. The molecule has 2 N–H and O–H groups in total. The highest BCUT2D eigenvalue weighted by Crippen LogP contribution is 2.25. The predicted molar refractivity (Wildman–Crippen MR) is 104 cm³/mol. The van der Waals surface area contributed by atoms with E-state index in [1.807, 2.05) is 6.07 Å². The minimum Gasteiger partial charge on any atom is -0.468 e. The van der Waals surface area contributed by atoms with Gasteiger partial charge >= 0.3 is 0 Å². The molecule has 1 unspecified atom stereocenters. The van der Waals surface area contributed by atoms with Gasteiger partial charge in [0.1, 0.15) is 5.76 Å². The quantitative estimate of drug-likeness (QED) is 0.560. The van der Waals surface area contributed by atoms with E-state index in [-0.39, 0.29) is 6.04 Å². The molecule has 2 aromatic rings. The highest BCUT2D eigenvalue weighted by atomic mass is 32.1. The predicted octanol–water partition coefficient (Wildman–Crippen LogP) is 3.28. The van der Waals surface area contributed by atoms with Crippen molar-refractivity contribution in [3.8, 4) is 0 Å². The molecule has 136 valence electrons. The van der Waals surface area contributed by atoms with Gasteiger partial charge in [-0.1, -0.05) is 6.07 Å². The van der Waals surface area contributed by atoms with Gasteiger partial charge in [-0.05, 0) is 62.9 Å². The standard InChI is InChI=1S/C19H28N4OS/c1-2-20-19(21-10-9-16-7-6-14-25-16)22-15-17(18-8-5-13-24-18)23-11-3-4-12-23/h5-8,13-14,17H,2-4,9-12,15H2,1H3,(H2,20,21,22). The molecule has 0 radical (unpaired) electrons. The van der Waals surface area contributed by atoms with Crippen LogP contribution in [0.1, 0.15) is 36.4 Å². The van der Waals surface area contributed by atoms with Crippen LogP contribution in [0.2, 0.25) is 0 Å². The Balaban J connectivity index is 1.59. The SMILES string of the molecule is CCNC(=NCC(c1ccco1)N1CCCC1)NCCc1cccs1. The van der Waals surface area contributed by atoms with Crippen molar-refractivity contribution in [3.63, 3.8) is 0 Å². The lowest BCUT2D eigenvalue weighted by atomic mass is 10.2. The zero-order chi connectivity index (χ0) is 17.3. The molecule has 6 heteroatoms. The van der Waals surface area contributed by atoms with E-state index in [4.69, 9.17) is 9.41 Å². The molecule has 0 saturated carbocycles. The second kappa shape index (κ2) is 9.63. The second-order valence-corrected chi connectivity index (χ2v) is 7.28. The summed E-state index contributed by atoms with van der Waals surface area (Å²) in [7, 11) is 0. The zero-order valence-corrected chi connectivity index (χ0v) is 15.7. The molecule has 0 amide bonds. The van der Waals surface area contributed by atoms with Crippen LogP contribution in [-0.4, -0.2) is 43.6 Å². The van der Waals surface area contributed by atoms with Crippen LogP contribution in [0.5, 0.6) is 0 Å². The van der Waals surface area contributed by atoms with E-state index in [0.717, 1.165) is 44.3 Å². The number of rotatable bonds is 8. The summed E-state index contributed by atoms with van der Waals surface area (Å²) in [5, 5.41) is 8.92. The molecule has 1 fully saturated rings. The maximum absolute atomic E-state index is 5.68. The molecule has 0 aromatic carbocycles. The first-order chi connectivity index (χ1) is 12.4. The summed E-state index contributed by atoms with van der Waals surface area (Å²) in [6.45, 7) is 6.82. The third-order valence-corrected chi connectivity index (χ3v) is 5.40. The number of thiophene rings is 1. The van der Waals surface area contributed by atoms with E-state index in [9.17, 15) is 0 Å². The zero-order valence-electron chi connectivity index (χ0n) is 14.9. The molecule has 0 bridgehead atoms. The Morgan fingerprint density at radius 1 is 1.28 bits per heavy atom. The molecule has 5 nitrogen and oxygen atoms in total. The Morgan fingerprint density at radius 3 is 2.84 bits per heavy atom. The van der Waals surface area contributed by atoms with Crippen LogP contribution in [0.25, 0.3) is 0 Å². The number of hydrogen-bond donors (Lipinski definition) is 2. The first kappa shape index (κ1) is 18.0. The number of likely N-dealkylation sites (tertiary alicyclic amines) is 1. The fourth-order valence-corrected chi connectivity index (χ4v) is 3.91. The molecule has 25 heavy (non-hydrogen) atoms. The fraction of sp³-hybridized carbons (Fsp3) is 0.526. The minimum absolute atomic E-state index is 0.227. The maximum atomic E-state index is 5.68. The van der Waals surface area contributed by atoms with Crippen LogP contribution < -0.4 is 10.6 Å². The summed E-state index contributed by atoms with van der Waals surface area (Å²) in [5.41, 5.74) is 0. The van der Waals surface area contributed by atoms with Crippen molar-refractivity contribution in [1.82, 2.24) is 15.5 Å². The topological polar surface area (TPSA) is 52.8 Å². The average Bonchev–Trinajstić information content (AvgIpc) is 3.38. The maximum Gasteiger partial charge on any atom is 0.191 e. The van der Waals surface area contributed by atoms with Crippen LogP contribution >= 0.6 is 11.3 Å². The van der Waals surface area contributed by atoms with Crippen LogP contribution in [0.15, 0.2) is 45.3 Å². The van der Waals surface area contributed by atoms with Gasteiger partial charge in [0.15, 0.2) is 5.96 Å². The number of guanidine groups is 1. The molecule has 1 aliphatic rings. The summed E-state index contributed by atoms with van der Waals surface area (Å²) in [5.74, 6) is 1.90. The molecule has 0 aliphatic carbocycles. The van der Waals surface area contributed by atoms with E-state index in [1.54, 1.807) is 17.6 Å². The Hall–Kier alpha value is -1.79. The van der Waals surface area contributed by atoms with Crippen molar-refractivity contribution in [1.29, 1.82) is 0 Å². The lowest BCUT2D eigenvalue weighted by Crippen LogP contribution is -2.39. The highest BCUT2D eigenvalue weighted by molar-refractivity contribution is 7.09. The van der Waals surface area contributed by atoms with Crippen molar-refractivity contribution in [3.05, 3.63) is 46.5 Å². The largest absolute Gasteiger partial charge is 0.468 e. The first-order valence-corrected chi connectivity index (χ1v) is 10.1. The summed E-state index contributed by atoms with van der Waals surface area (Å²) in [4.78, 5) is 8.71. The van der Waals surface area contributed by atoms with Crippen LogP contribution in [0, 0.1) is 0 Å². The van der Waals surface area contributed by atoms with Crippen molar-refractivity contribution in [2.75, 3.05) is 32.7 Å². The molecule has 2 aromatic heterocycles. The van der Waals surface area contributed by atoms with Crippen molar-refractivity contribution < 1.29 is 4.42 Å².